The Morgan fingerprint density at radius 2 is 0.804 bits per heavy atom. The Morgan fingerprint density at radius 1 is 0.392 bits per heavy atom. The van der Waals surface area contributed by atoms with E-state index in [1.807, 2.05) is 107 Å². The summed E-state index contributed by atoms with van der Waals surface area (Å²) in [5.74, 6) is 3.76. The number of aliphatic hydroxyl groups excluding tert-OH is 2. The van der Waals surface area contributed by atoms with Gasteiger partial charge in [-0.3, -0.25) is 22.8 Å². The van der Waals surface area contributed by atoms with Gasteiger partial charge in [-0.25, -0.2) is 43.8 Å². The third-order valence-corrected chi connectivity index (χ3v) is 29.6. The lowest BCUT2D eigenvalue weighted by Crippen LogP contribution is -2.38. The van der Waals surface area contributed by atoms with Crippen LogP contribution in [0.1, 0.15) is 147 Å². The van der Waals surface area contributed by atoms with Crippen molar-refractivity contribution in [1.29, 1.82) is 0 Å². The van der Waals surface area contributed by atoms with Crippen molar-refractivity contribution in [3.63, 3.8) is 0 Å². The van der Waals surface area contributed by atoms with Gasteiger partial charge >= 0.3 is 59.3 Å². The Morgan fingerprint density at radius 3 is 1.26 bits per heavy atom. The summed E-state index contributed by atoms with van der Waals surface area (Å²) < 4.78 is 208. The third-order valence-electron chi connectivity index (χ3n) is 24.2. The number of aryl methyl sites for hydroxylation is 4. The Kier molecular flexibility index (Phi) is 31.8. The summed E-state index contributed by atoms with van der Waals surface area (Å²) in [6.45, 7) is 21.3. The summed E-state index contributed by atoms with van der Waals surface area (Å²) in [4.78, 5) is 119. The number of alkyl halides is 15. The Hall–Kier alpha value is -14.5. The minimum atomic E-state index is -4.50. The molecule has 2 unspecified atom stereocenters. The highest BCUT2D eigenvalue weighted by atomic mass is 32.1. The molecule has 2 N–H and O–H groups in total. The van der Waals surface area contributed by atoms with Gasteiger partial charge in [0.15, 0.2) is 10.7 Å². The van der Waals surface area contributed by atoms with E-state index in [1.54, 1.807) is 42.7 Å². The molecule has 0 aliphatic carbocycles. The fourth-order valence-corrected chi connectivity index (χ4v) is 21.1. The van der Waals surface area contributed by atoms with E-state index in [9.17, 15) is 100 Å². The minimum absolute atomic E-state index is 0.0166. The number of methoxy groups -OCH3 is 1. The highest BCUT2D eigenvalue weighted by molar-refractivity contribution is 7.13. The van der Waals surface area contributed by atoms with Crippen LogP contribution in [0.4, 0.5) is 101 Å². The lowest BCUT2D eigenvalue weighted by molar-refractivity contribution is -0.138. The maximum Gasteiger partial charge on any atom is 0.443 e. The zero-order valence-electron chi connectivity index (χ0n) is 79.0. The number of thiophene rings is 4. The molecule has 5 aliphatic heterocycles. The third kappa shape index (κ3) is 25.5. The highest BCUT2D eigenvalue weighted by Crippen LogP contribution is 2.42. The molecule has 0 spiro atoms. The summed E-state index contributed by atoms with van der Waals surface area (Å²) in [6, 6.07) is 40.3. The first-order valence-corrected chi connectivity index (χ1v) is 49.4. The molecule has 5 aromatic carbocycles. The molecule has 774 valence electrons. The quantitative estimate of drug-likeness (QED) is 0.0595. The number of hydrogen-bond acceptors (Lipinski definition) is 30. The number of anilines is 5. The van der Waals surface area contributed by atoms with E-state index in [0.29, 0.717) is 186 Å². The number of ether oxygens (including phenoxy) is 2. The van der Waals surface area contributed by atoms with Gasteiger partial charge in [0.2, 0.25) is 29.7 Å². The molecule has 15 heterocycles. The number of aliphatic hydroxyl groups is 2. The molecule has 15 aromatic rings. The minimum Gasteiger partial charge on any atom is -0.496 e. The molecule has 31 nitrogen and oxygen atoms in total. The van der Waals surface area contributed by atoms with Crippen molar-refractivity contribution in [3.8, 4) is 11.5 Å². The summed E-state index contributed by atoms with van der Waals surface area (Å²) in [7, 11) is 1.53. The number of halogens is 15. The molecular weight excluding hydrogens is 2060 g/mol. The van der Waals surface area contributed by atoms with E-state index < -0.39 is 96.1 Å². The molecule has 10 aromatic heterocycles. The number of benzene rings is 5. The van der Waals surface area contributed by atoms with Crippen molar-refractivity contribution >= 4 is 92.1 Å². The summed E-state index contributed by atoms with van der Waals surface area (Å²) >= 11 is 2.90. The molecule has 5 aliphatic rings. The fourth-order valence-electron chi connectivity index (χ4n) is 16.8. The summed E-state index contributed by atoms with van der Waals surface area (Å²) in [6.07, 6.45) is -17.5. The second-order valence-electron chi connectivity index (χ2n) is 34.4. The Balaban J connectivity index is 0.000000132. The van der Waals surface area contributed by atoms with Crippen molar-refractivity contribution in [1.82, 2.24) is 77.7 Å². The van der Waals surface area contributed by atoms with E-state index >= 15 is 0 Å². The molecule has 0 bridgehead atoms. The van der Waals surface area contributed by atoms with Crippen LogP contribution in [0, 0.1) is 34.3 Å². The normalized spacial score (nSPS) is 15.0. The second-order valence-corrected chi connectivity index (χ2v) is 40.2. The van der Waals surface area contributed by atoms with Crippen LogP contribution in [0.5, 0.6) is 11.5 Å². The molecule has 0 fully saturated rings. The molecule has 0 saturated heterocycles. The van der Waals surface area contributed by atoms with Crippen molar-refractivity contribution in [2.24, 2.45) is 0 Å². The van der Waals surface area contributed by atoms with Crippen molar-refractivity contribution < 1.29 is 85.5 Å². The molecule has 0 amide bonds. The number of hydrogen-bond donors (Lipinski definition) is 2. The van der Waals surface area contributed by atoms with Crippen LogP contribution in [-0.2, 0) is 116 Å². The number of nitrogens with zero attached hydrogens (tertiary/aromatic N) is 22. The number of β-amino-alcohol motifs (C(OH)–C–C–N with tert-alkyl or cyclic N) is 2. The Bertz CT molecular complexity index is 7760. The molecule has 51 heteroatoms. The van der Waals surface area contributed by atoms with E-state index in [4.69, 9.17) is 16.0 Å². The van der Waals surface area contributed by atoms with E-state index in [0.717, 1.165) is 94.4 Å². The molecular formula is C97H87F15N22O9S5. The smallest absolute Gasteiger partial charge is 0.443 e. The molecule has 2 atom stereocenters. The van der Waals surface area contributed by atoms with Gasteiger partial charge in [-0.15, -0.1) is 56.7 Å². The van der Waals surface area contributed by atoms with Crippen LogP contribution in [0.2, 0.25) is 0 Å². The van der Waals surface area contributed by atoms with Gasteiger partial charge in [-0.05, 0) is 171 Å². The van der Waals surface area contributed by atoms with E-state index in [1.165, 1.54) is 83.6 Å². The first-order chi connectivity index (χ1) is 70.2. The largest absolute Gasteiger partial charge is 0.496 e. The summed E-state index contributed by atoms with van der Waals surface area (Å²) in [5.41, 5.74) is 8.98. The van der Waals surface area contributed by atoms with Crippen molar-refractivity contribution in [2.75, 3.05) is 70.9 Å². The number of thiazole rings is 1. The maximum absolute atomic E-state index is 12.8. The average molecular weight is 2150 g/mol. The topological polar surface area (TPSA) is 331 Å². The maximum atomic E-state index is 12.8. The predicted octanol–water partition coefficient (Wildman–Crippen LogP) is 17.2. The molecule has 0 saturated carbocycles. The zero-order chi connectivity index (χ0) is 106. The standard InChI is InChI=1S/C20H20F3N5O2S.C20H19F3N4O3S.C20H19F3N4O2S.C19H14F3N5OS.C18H15F3N4OS/c1-3-30-15-5-4-14-10-27(7-6-13(14)8-15)18-25-12(2)28(19(29)26-18)11-16-9-24-17(31-16)20(21,22)23;1-11-24-18(26-8-12-4-3-5-15(30-2)17(12)14(28)10-26)25-19(29)27(11)9-13-6-7-16(31-13)20(21,22)23;1-11-3-5-15-13(7-11)8-26(10-16(15)28)18-24-12(2)27(19(29)25-18)9-14-4-6-17(30-14)20(21,22)23;1-23-14-3-2-12-6-7-26(9-13(12)8-14)17-24-11-27(18(28)25-17)10-15-4-5-16(29-15)19(20,21)22;19-18(20,21)15-6-5-14(27-15)10-25-11-22-16(23-17(25)26)24-8-7-12-3-1-2-4-13(12)9-24/h4-5,8-9H,3,6-7,10-11H2,1-2H3;3-7,14,28H,8-10H2,1-2H3;3-7,16,28H,8-10H2,1-2H3;2-5,8,11H,6-7,9-10H2;1-6,11H,7-10H2. The van der Waals surface area contributed by atoms with Gasteiger partial charge in [0.1, 0.15) is 67.2 Å². The fraction of sp³-hybridized carbons (Fsp3) is 0.330. The average Bonchev–Trinajstić information content (AvgIpc) is 0.929. The Labute approximate surface area is 851 Å². The van der Waals surface area contributed by atoms with E-state index in [-0.39, 0.29) is 63.7 Å². The van der Waals surface area contributed by atoms with Crippen LogP contribution in [0.25, 0.3) is 4.85 Å². The highest BCUT2D eigenvalue weighted by Gasteiger charge is 2.40. The van der Waals surface area contributed by atoms with Crippen molar-refractivity contribution in [2.45, 2.75) is 162 Å². The van der Waals surface area contributed by atoms with Gasteiger partial charge < -0.3 is 44.2 Å². The van der Waals surface area contributed by atoms with Gasteiger partial charge in [0, 0.05) is 88.5 Å². The van der Waals surface area contributed by atoms with Gasteiger partial charge in [-0.2, -0.15) is 106 Å². The second kappa shape index (κ2) is 44.3. The van der Waals surface area contributed by atoms with Crippen LogP contribution >= 0.6 is 56.7 Å². The zero-order valence-corrected chi connectivity index (χ0v) is 83.1. The number of aromatic nitrogens is 16. The first-order valence-electron chi connectivity index (χ1n) is 45.3. The number of fused-ring (bicyclic) bond motifs is 5. The summed E-state index contributed by atoms with van der Waals surface area (Å²) in [5, 5.41) is 20.1. The first kappa shape index (κ1) is 106. The molecule has 0 radical (unpaired) electrons. The van der Waals surface area contributed by atoms with Gasteiger partial charge in [0.05, 0.1) is 72.2 Å². The van der Waals surface area contributed by atoms with Crippen LogP contribution < -0.4 is 62.4 Å². The van der Waals surface area contributed by atoms with Crippen molar-refractivity contribution in [3.05, 3.63) is 356 Å². The van der Waals surface area contributed by atoms with E-state index in [2.05, 4.69) is 65.7 Å². The lowest BCUT2D eigenvalue weighted by atomic mass is 9.96. The van der Waals surface area contributed by atoms with Gasteiger partial charge in [-0.1, -0.05) is 84.4 Å². The SMILES string of the molecule is CCOc1ccc2c(c1)CCN(c1nc(C)n(Cc3cnc(C(F)(F)F)s3)c(=O)n1)C2.COc1cccc2c1C(O)CN(c1nc(C)n(Cc3ccc(C(F)(F)F)s3)c(=O)n1)C2.Cc1ccc2c(c1)CN(c1nc(C)n(Cc3ccc(C(F)(F)F)s3)c(=O)n1)CC2O.O=c1nc(N2CCc3ccccc3C2)ncn1Cc1ccc(C(F)(F)F)s1.[C-]#[N+]c1ccc2c(c1)CN(c1ncn(Cc3ccc(C(F)(F)F)s3)c(=O)n1)CC2. The predicted molar refractivity (Wildman–Crippen MR) is 523 cm³/mol. The number of rotatable bonds is 18. The monoisotopic (exact) mass is 2150 g/mol. The van der Waals surface area contributed by atoms with Gasteiger partial charge in [0.25, 0.3) is 0 Å². The lowest BCUT2D eigenvalue weighted by Gasteiger charge is -2.33. The van der Waals surface area contributed by atoms with Crippen LogP contribution in [0.15, 0.2) is 188 Å². The van der Waals surface area contributed by atoms with Crippen LogP contribution in [0.3, 0.4) is 0 Å². The molecule has 20 rings (SSSR count). The van der Waals surface area contributed by atoms with Crippen LogP contribution in [-0.4, -0.2) is 134 Å². The molecule has 148 heavy (non-hydrogen) atoms.